The molecule has 3 nitrogen and oxygen atoms in total. The largest absolute Gasteiger partial charge is 0.381 e. The first kappa shape index (κ1) is 12.5. The highest BCUT2D eigenvalue weighted by atomic mass is 19.1. The normalized spacial score (nSPS) is 22.0. The van der Waals surface area contributed by atoms with Gasteiger partial charge in [0.15, 0.2) is 0 Å². The molecule has 1 aromatic rings. The summed E-state index contributed by atoms with van der Waals surface area (Å²) in [5.74, 6) is 0.134. The third-order valence-corrected chi connectivity index (χ3v) is 3.02. The fourth-order valence-corrected chi connectivity index (χ4v) is 2.21. The minimum absolute atomic E-state index is 0.151. The van der Waals surface area contributed by atoms with Gasteiger partial charge in [-0.05, 0) is 18.6 Å². The Balaban J connectivity index is 2.16. The van der Waals surface area contributed by atoms with Crippen LogP contribution in [0.25, 0.3) is 0 Å². The topological polar surface area (TPSA) is 34.2 Å². The van der Waals surface area contributed by atoms with Crippen molar-refractivity contribution in [1.82, 2.24) is 10.3 Å². The lowest BCUT2D eigenvalue weighted by Gasteiger charge is -2.25. The lowest BCUT2D eigenvalue weighted by Crippen LogP contribution is -2.34. The summed E-state index contributed by atoms with van der Waals surface area (Å²) in [5.41, 5.74) is 0.899. The van der Waals surface area contributed by atoms with Crippen molar-refractivity contribution < 1.29 is 9.13 Å². The molecule has 2 atom stereocenters. The van der Waals surface area contributed by atoms with Crippen molar-refractivity contribution in [3.8, 4) is 0 Å². The highest BCUT2D eigenvalue weighted by molar-refractivity contribution is 5.11. The molecule has 94 valence electrons. The van der Waals surface area contributed by atoms with Crippen molar-refractivity contribution in [3.63, 3.8) is 0 Å². The summed E-state index contributed by atoms with van der Waals surface area (Å²) in [6.07, 6.45) is 2.31. The molecule has 1 aliphatic rings. The maximum atomic E-state index is 12.9. The molecule has 2 unspecified atom stereocenters. The van der Waals surface area contributed by atoms with Crippen molar-refractivity contribution in [2.75, 3.05) is 13.2 Å². The first-order valence-electron chi connectivity index (χ1n) is 6.12. The number of pyridine rings is 1. The fourth-order valence-electron chi connectivity index (χ4n) is 2.21. The van der Waals surface area contributed by atoms with Crippen molar-refractivity contribution >= 4 is 0 Å². The number of nitrogens with one attached hydrogen (secondary N) is 1. The summed E-state index contributed by atoms with van der Waals surface area (Å²) in [6, 6.07) is 3.74. The lowest BCUT2D eigenvalue weighted by atomic mass is 9.95. The minimum atomic E-state index is -0.292. The molecule has 17 heavy (non-hydrogen) atoms. The van der Waals surface area contributed by atoms with Crippen LogP contribution >= 0.6 is 0 Å². The van der Waals surface area contributed by atoms with E-state index < -0.39 is 0 Å². The smallest absolute Gasteiger partial charge is 0.141 e. The van der Waals surface area contributed by atoms with Crippen LogP contribution in [0.5, 0.6) is 0 Å². The summed E-state index contributed by atoms with van der Waals surface area (Å²) >= 11 is 0. The van der Waals surface area contributed by atoms with E-state index in [4.69, 9.17) is 4.74 Å². The van der Waals surface area contributed by atoms with Crippen LogP contribution in [0.4, 0.5) is 4.39 Å². The number of hydrogen-bond acceptors (Lipinski definition) is 3. The number of rotatable bonds is 4. The Morgan fingerprint density at radius 1 is 1.47 bits per heavy atom. The first-order valence-corrected chi connectivity index (χ1v) is 6.12. The number of hydrogen-bond donors (Lipinski definition) is 1. The number of nitrogens with zero attached hydrogens (tertiary/aromatic N) is 1. The van der Waals surface area contributed by atoms with Crippen LogP contribution in [-0.4, -0.2) is 24.2 Å². The summed E-state index contributed by atoms with van der Waals surface area (Å²) < 4.78 is 18.3. The Labute approximate surface area is 101 Å². The van der Waals surface area contributed by atoms with E-state index in [9.17, 15) is 4.39 Å². The summed E-state index contributed by atoms with van der Waals surface area (Å²) in [4.78, 5) is 4.18. The minimum Gasteiger partial charge on any atom is -0.381 e. The van der Waals surface area contributed by atoms with Gasteiger partial charge < -0.3 is 10.1 Å². The molecule has 1 fully saturated rings. The predicted molar refractivity (Wildman–Crippen MR) is 64.1 cm³/mol. The Hall–Kier alpha value is -1.00. The molecule has 4 heteroatoms. The van der Waals surface area contributed by atoms with Gasteiger partial charge in [0.05, 0.1) is 24.5 Å². The molecule has 2 heterocycles. The van der Waals surface area contributed by atoms with Crippen LogP contribution < -0.4 is 5.32 Å². The van der Waals surface area contributed by atoms with Crippen molar-refractivity contribution in [2.24, 2.45) is 5.92 Å². The average molecular weight is 238 g/mol. The van der Waals surface area contributed by atoms with Gasteiger partial charge in [-0.1, -0.05) is 13.8 Å². The third kappa shape index (κ3) is 3.23. The van der Waals surface area contributed by atoms with Crippen molar-refractivity contribution in [3.05, 3.63) is 29.8 Å². The van der Waals surface area contributed by atoms with Crippen LogP contribution in [0.1, 0.15) is 32.0 Å². The van der Waals surface area contributed by atoms with Gasteiger partial charge in [-0.3, -0.25) is 4.98 Å². The van der Waals surface area contributed by atoms with Gasteiger partial charge in [0.25, 0.3) is 0 Å². The van der Waals surface area contributed by atoms with E-state index in [2.05, 4.69) is 24.1 Å². The molecule has 0 amide bonds. The highest BCUT2D eigenvalue weighted by Crippen LogP contribution is 2.28. The third-order valence-electron chi connectivity index (χ3n) is 3.02. The van der Waals surface area contributed by atoms with Crippen LogP contribution in [-0.2, 0) is 4.74 Å². The Kier molecular flexibility index (Phi) is 4.07. The molecule has 1 aliphatic heterocycles. The van der Waals surface area contributed by atoms with Crippen LogP contribution in [0.2, 0.25) is 0 Å². The Bertz CT molecular complexity index is 347. The molecular formula is C13H19FN2O. The van der Waals surface area contributed by atoms with E-state index >= 15 is 0 Å². The second-order valence-corrected chi connectivity index (χ2v) is 4.82. The fraction of sp³-hybridized carbons (Fsp3) is 0.615. The molecule has 1 aromatic heterocycles. The molecule has 1 N–H and O–H groups in total. The van der Waals surface area contributed by atoms with E-state index in [-0.39, 0.29) is 11.9 Å². The summed E-state index contributed by atoms with van der Waals surface area (Å²) in [7, 11) is 0. The van der Waals surface area contributed by atoms with Gasteiger partial charge in [-0.2, -0.15) is 0 Å². The van der Waals surface area contributed by atoms with Crippen molar-refractivity contribution in [1.29, 1.82) is 0 Å². The molecule has 2 rings (SSSR count). The molecule has 0 spiro atoms. The van der Waals surface area contributed by atoms with Crippen LogP contribution in [0.3, 0.4) is 0 Å². The molecule has 0 aromatic carbocycles. The van der Waals surface area contributed by atoms with Crippen molar-refractivity contribution in [2.45, 2.75) is 32.4 Å². The van der Waals surface area contributed by atoms with Gasteiger partial charge in [-0.25, -0.2) is 4.39 Å². The zero-order valence-corrected chi connectivity index (χ0v) is 10.3. The second kappa shape index (κ2) is 5.56. The first-order chi connectivity index (χ1) is 8.16. The van der Waals surface area contributed by atoms with Gasteiger partial charge in [0.1, 0.15) is 5.82 Å². The zero-order valence-electron chi connectivity index (χ0n) is 10.3. The number of halogens is 1. The number of aromatic nitrogens is 1. The van der Waals surface area contributed by atoms with Gasteiger partial charge in [-0.15, -0.1) is 0 Å². The van der Waals surface area contributed by atoms with Gasteiger partial charge in [0.2, 0.25) is 0 Å². The SMILES string of the molecule is CC(C)NC(c1ccc(F)cn1)C1CCOC1. The Morgan fingerprint density at radius 3 is 2.82 bits per heavy atom. The standard InChI is InChI=1S/C13H19FN2O/c1-9(2)16-13(10-5-6-17-8-10)12-4-3-11(14)7-15-12/h3-4,7,9-10,13,16H,5-6,8H2,1-2H3. The zero-order chi connectivity index (χ0) is 12.3. The van der Waals surface area contributed by atoms with E-state index in [1.807, 2.05) is 0 Å². The molecular weight excluding hydrogens is 219 g/mol. The van der Waals surface area contributed by atoms with Gasteiger partial charge in [0, 0.05) is 18.6 Å². The van der Waals surface area contributed by atoms with Crippen LogP contribution in [0.15, 0.2) is 18.3 Å². The maximum absolute atomic E-state index is 12.9. The molecule has 1 saturated heterocycles. The monoisotopic (exact) mass is 238 g/mol. The number of ether oxygens (including phenoxy) is 1. The molecule has 0 radical (unpaired) electrons. The quantitative estimate of drug-likeness (QED) is 0.874. The molecule has 0 aliphatic carbocycles. The van der Waals surface area contributed by atoms with Crippen LogP contribution in [0, 0.1) is 11.7 Å². The van der Waals surface area contributed by atoms with E-state index in [0.717, 1.165) is 25.3 Å². The summed E-state index contributed by atoms with van der Waals surface area (Å²) in [6.45, 7) is 5.77. The highest BCUT2D eigenvalue weighted by Gasteiger charge is 2.28. The average Bonchev–Trinajstić information content (AvgIpc) is 2.80. The summed E-state index contributed by atoms with van der Waals surface area (Å²) in [5, 5.41) is 3.49. The van der Waals surface area contributed by atoms with E-state index in [1.54, 1.807) is 6.07 Å². The Morgan fingerprint density at radius 2 is 2.29 bits per heavy atom. The van der Waals surface area contributed by atoms with E-state index in [1.165, 1.54) is 12.3 Å². The molecule has 0 saturated carbocycles. The predicted octanol–water partition coefficient (Wildman–Crippen LogP) is 2.30. The second-order valence-electron chi connectivity index (χ2n) is 4.82. The maximum Gasteiger partial charge on any atom is 0.141 e. The molecule has 0 bridgehead atoms. The van der Waals surface area contributed by atoms with Gasteiger partial charge >= 0.3 is 0 Å². The lowest BCUT2D eigenvalue weighted by molar-refractivity contribution is 0.174. The van der Waals surface area contributed by atoms with E-state index in [0.29, 0.717) is 12.0 Å².